The summed E-state index contributed by atoms with van der Waals surface area (Å²) in [6, 6.07) is 6.82. The Morgan fingerprint density at radius 1 is 0.542 bits per heavy atom. The van der Waals surface area contributed by atoms with Gasteiger partial charge in [-0.2, -0.15) is 0 Å². The maximum Gasteiger partial charge on any atom is 0.0205 e. The van der Waals surface area contributed by atoms with E-state index < -0.39 is 0 Å². The van der Waals surface area contributed by atoms with Gasteiger partial charge in [-0.3, -0.25) is 0 Å². The summed E-state index contributed by atoms with van der Waals surface area (Å²) in [6.45, 7) is 7.71. The zero-order chi connectivity index (χ0) is 17.5. The highest BCUT2D eigenvalue weighted by Crippen LogP contribution is 2.11. The lowest BCUT2D eigenvalue weighted by Crippen LogP contribution is -2.21. The van der Waals surface area contributed by atoms with Crippen LogP contribution in [0.15, 0.2) is 18.2 Å². The summed E-state index contributed by atoms with van der Waals surface area (Å²) in [7, 11) is 0. The molecule has 0 fully saturated rings. The van der Waals surface area contributed by atoms with Gasteiger partial charge in [0, 0.05) is 19.6 Å². The van der Waals surface area contributed by atoms with E-state index in [1.165, 1.54) is 16.7 Å². The van der Waals surface area contributed by atoms with Crippen molar-refractivity contribution in [2.24, 2.45) is 17.2 Å². The first kappa shape index (κ1) is 21.0. The molecule has 138 valence electrons. The monoisotopic (exact) mass is 336 g/mol. The van der Waals surface area contributed by atoms with Gasteiger partial charge >= 0.3 is 0 Å². The number of rotatable bonds is 15. The van der Waals surface area contributed by atoms with Crippen LogP contribution in [0.1, 0.15) is 36.0 Å². The quantitative estimate of drug-likeness (QED) is 0.251. The van der Waals surface area contributed by atoms with Gasteiger partial charge in [0.1, 0.15) is 0 Å². The molecule has 0 saturated carbocycles. The van der Waals surface area contributed by atoms with Gasteiger partial charge in [0.25, 0.3) is 0 Å². The normalized spacial score (nSPS) is 11.1. The van der Waals surface area contributed by atoms with Crippen LogP contribution in [0.3, 0.4) is 0 Å². The predicted molar refractivity (Wildman–Crippen MR) is 103 cm³/mol. The number of nitrogens with one attached hydrogen (secondary N) is 3. The second kappa shape index (κ2) is 14.3. The molecular weight excluding hydrogens is 300 g/mol. The van der Waals surface area contributed by atoms with Gasteiger partial charge in [-0.25, -0.2) is 0 Å². The van der Waals surface area contributed by atoms with Crippen LogP contribution >= 0.6 is 0 Å². The Balaban J connectivity index is 2.58. The number of hydrogen-bond donors (Lipinski definition) is 6. The van der Waals surface area contributed by atoms with Crippen LogP contribution in [0.25, 0.3) is 0 Å². The maximum absolute atomic E-state index is 5.54. The Morgan fingerprint density at radius 3 is 1.08 bits per heavy atom. The highest BCUT2D eigenvalue weighted by Gasteiger charge is 2.02. The minimum absolute atomic E-state index is 0.731. The molecule has 6 nitrogen and oxygen atoms in total. The summed E-state index contributed by atoms with van der Waals surface area (Å²) in [4.78, 5) is 0. The molecule has 0 radical (unpaired) electrons. The molecule has 0 aliphatic carbocycles. The van der Waals surface area contributed by atoms with Crippen molar-refractivity contribution < 1.29 is 0 Å². The first-order valence-electron chi connectivity index (χ1n) is 9.14. The van der Waals surface area contributed by atoms with Crippen molar-refractivity contribution in [3.8, 4) is 0 Å². The van der Waals surface area contributed by atoms with E-state index in [2.05, 4.69) is 34.1 Å². The van der Waals surface area contributed by atoms with E-state index in [0.29, 0.717) is 0 Å². The molecule has 6 heteroatoms. The van der Waals surface area contributed by atoms with Gasteiger partial charge in [0.05, 0.1) is 0 Å². The van der Waals surface area contributed by atoms with Crippen LogP contribution in [-0.4, -0.2) is 39.3 Å². The molecule has 0 aromatic heterocycles. The molecule has 0 atom stereocenters. The zero-order valence-electron chi connectivity index (χ0n) is 14.9. The van der Waals surface area contributed by atoms with Crippen LogP contribution in [0, 0.1) is 0 Å². The van der Waals surface area contributed by atoms with E-state index in [9.17, 15) is 0 Å². The van der Waals surface area contributed by atoms with Gasteiger partial charge in [-0.05, 0) is 75.2 Å². The largest absolute Gasteiger partial charge is 0.330 e. The fraction of sp³-hybridized carbons (Fsp3) is 0.667. The summed E-state index contributed by atoms with van der Waals surface area (Å²) in [5, 5.41) is 10.4. The molecular formula is C18H36N6. The van der Waals surface area contributed by atoms with Crippen molar-refractivity contribution in [1.29, 1.82) is 0 Å². The number of nitrogens with two attached hydrogens (primary N) is 3. The molecule has 0 amide bonds. The third kappa shape index (κ3) is 9.97. The maximum atomic E-state index is 5.54. The van der Waals surface area contributed by atoms with Gasteiger partial charge in [0.2, 0.25) is 0 Å². The smallest absolute Gasteiger partial charge is 0.0205 e. The molecule has 1 aromatic rings. The first-order valence-corrected chi connectivity index (χ1v) is 9.14. The number of hydrogen-bond acceptors (Lipinski definition) is 6. The molecule has 24 heavy (non-hydrogen) atoms. The van der Waals surface area contributed by atoms with Crippen molar-refractivity contribution in [3.63, 3.8) is 0 Å². The van der Waals surface area contributed by atoms with Crippen LogP contribution in [0.2, 0.25) is 0 Å². The minimum Gasteiger partial charge on any atom is -0.330 e. The van der Waals surface area contributed by atoms with Gasteiger partial charge < -0.3 is 33.2 Å². The topological polar surface area (TPSA) is 114 Å². The van der Waals surface area contributed by atoms with Crippen LogP contribution in [0.5, 0.6) is 0 Å². The summed E-state index contributed by atoms with van der Waals surface area (Å²) in [5.41, 5.74) is 20.6. The lowest BCUT2D eigenvalue weighted by molar-refractivity contribution is 0.638. The highest BCUT2D eigenvalue weighted by atomic mass is 14.9. The Labute approximate surface area is 146 Å². The van der Waals surface area contributed by atoms with Gasteiger partial charge in [-0.15, -0.1) is 0 Å². The fourth-order valence-corrected chi connectivity index (χ4v) is 2.52. The van der Waals surface area contributed by atoms with Crippen LogP contribution in [-0.2, 0) is 19.6 Å². The number of benzene rings is 1. The van der Waals surface area contributed by atoms with Crippen molar-refractivity contribution in [3.05, 3.63) is 34.9 Å². The van der Waals surface area contributed by atoms with Gasteiger partial charge in [0.15, 0.2) is 0 Å². The SMILES string of the molecule is NCCCNCc1cc(CNCCCN)cc(CNCCCN)c1. The Bertz CT molecular complexity index is 350. The van der Waals surface area contributed by atoms with Crippen molar-refractivity contribution in [2.75, 3.05) is 39.3 Å². The van der Waals surface area contributed by atoms with Gasteiger partial charge in [-0.1, -0.05) is 18.2 Å². The molecule has 0 heterocycles. The Hall–Kier alpha value is -1.02. The fourth-order valence-electron chi connectivity index (χ4n) is 2.52. The van der Waals surface area contributed by atoms with Crippen molar-refractivity contribution in [1.82, 2.24) is 16.0 Å². The van der Waals surface area contributed by atoms with E-state index in [4.69, 9.17) is 17.2 Å². The first-order chi connectivity index (χ1) is 11.8. The molecule has 1 aromatic carbocycles. The Kier molecular flexibility index (Phi) is 12.6. The average Bonchev–Trinajstić information content (AvgIpc) is 2.59. The summed E-state index contributed by atoms with van der Waals surface area (Å²) in [6.07, 6.45) is 3.02. The Morgan fingerprint density at radius 2 is 0.833 bits per heavy atom. The van der Waals surface area contributed by atoms with E-state index in [0.717, 1.165) is 78.2 Å². The van der Waals surface area contributed by atoms with Crippen molar-refractivity contribution >= 4 is 0 Å². The molecule has 0 unspecified atom stereocenters. The molecule has 0 bridgehead atoms. The molecule has 0 aliphatic rings. The molecule has 0 spiro atoms. The zero-order valence-corrected chi connectivity index (χ0v) is 14.9. The summed E-state index contributed by atoms with van der Waals surface area (Å²) < 4.78 is 0. The van der Waals surface area contributed by atoms with E-state index >= 15 is 0 Å². The van der Waals surface area contributed by atoms with E-state index in [-0.39, 0.29) is 0 Å². The third-order valence-corrected chi connectivity index (χ3v) is 3.77. The standard InChI is InChI=1S/C18H36N6/c19-4-1-7-22-13-16-10-17(14-23-8-2-5-20)12-18(11-16)15-24-9-3-6-21/h10-12,22-24H,1-9,13-15,19-21H2. The second-order valence-corrected chi connectivity index (χ2v) is 6.11. The van der Waals surface area contributed by atoms with E-state index in [1.807, 2.05) is 0 Å². The summed E-state index contributed by atoms with van der Waals surface area (Å²) in [5.74, 6) is 0. The second-order valence-electron chi connectivity index (χ2n) is 6.11. The molecule has 9 N–H and O–H groups in total. The highest BCUT2D eigenvalue weighted by molar-refractivity contribution is 5.30. The molecule has 0 aliphatic heterocycles. The minimum atomic E-state index is 0.731. The van der Waals surface area contributed by atoms with Crippen molar-refractivity contribution in [2.45, 2.75) is 38.9 Å². The van der Waals surface area contributed by atoms with E-state index in [1.54, 1.807) is 0 Å². The third-order valence-electron chi connectivity index (χ3n) is 3.77. The summed E-state index contributed by atoms with van der Waals surface area (Å²) >= 11 is 0. The lowest BCUT2D eigenvalue weighted by atomic mass is 10.0. The van der Waals surface area contributed by atoms with Crippen LogP contribution in [0.4, 0.5) is 0 Å². The van der Waals surface area contributed by atoms with Crippen LogP contribution < -0.4 is 33.2 Å². The molecule has 1 rings (SSSR count). The average molecular weight is 337 g/mol. The lowest BCUT2D eigenvalue weighted by Gasteiger charge is -2.12. The molecule has 0 saturated heterocycles. The predicted octanol–water partition coefficient (Wildman–Crippen LogP) is 0.00180.